The highest BCUT2D eigenvalue weighted by atomic mass is 16.1. The molecule has 1 heterocycles. The Labute approximate surface area is 98.3 Å². The fourth-order valence-corrected chi connectivity index (χ4v) is 1.57. The number of nitriles is 1. The van der Waals surface area contributed by atoms with Crippen LogP contribution in [0.3, 0.4) is 0 Å². The first-order chi connectivity index (χ1) is 8.22. The Balaban J connectivity index is 2.31. The van der Waals surface area contributed by atoms with Gasteiger partial charge < -0.3 is 0 Å². The van der Waals surface area contributed by atoms with E-state index in [1.807, 2.05) is 6.07 Å². The number of hydrogen-bond acceptors (Lipinski definition) is 4. The monoisotopic (exact) mass is 226 g/mol. The number of hydrogen-bond donors (Lipinski definition) is 0. The maximum atomic E-state index is 11.2. The smallest absolute Gasteiger partial charge is 0.151 e. The van der Waals surface area contributed by atoms with Crippen molar-refractivity contribution in [2.24, 2.45) is 0 Å². The molecular formula is C12H10N4O. The van der Waals surface area contributed by atoms with Crippen molar-refractivity contribution in [2.75, 3.05) is 0 Å². The summed E-state index contributed by atoms with van der Waals surface area (Å²) in [6.45, 7) is 1.42. The van der Waals surface area contributed by atoms with E-state index in [-0.39, 0.29) is 5.78 Å². The fourth-order valence-electron chi connectivity index (χ4n) is 1.57. The third-order valence-corrected chi connectivity index (χ3v) is 2.45. The predicted octanol–water partition coefficient (Wildman–Crippen LogP) is 1.46. The minimum absolute atomic E-state index is 0.152. The standard InChI is InChI=1S/C12H10N4O/c1-9(17)12(8-13)10-2-4-11(5-3-10)16-7-6-14-15-16/h2-7,12H,1H3. The van der Waals surface area contributed by atoms with Crippen LogP contribution in [0.15, 0.2) is 36.7 Å². The summed E-state index contributed by atoms with van der Waals surface area (Å²) in [5, 5.41) is 16.5. The summed E-state index contributed by atoms with van der Waals surface area (Å²) >= 11 is 0. The molecule has 1 atom stereocenters. The highest BCUT2D eigenvalue weighted by molar-refractivity contribution is 5.86. The van der Waals surface area contributed by atoms with Crippen molar-refractivity contribution in [1.82, 2.24) is 15.0 Å². The molecule has 0 saturated heterocycles. The van der Waals surface area contributed by atoms with Gasteiger partial charge >= 0.3 is 0 Å². The number of carbonyl (C=O) groups excluding carboxylic acids is 1. The van der Waals surface area contributed by atoms with Gasteiger partial charge in [0.05, 0.1) is 24.2 Å². The van der Waals surface area contributed by atoms with Crippen LogP contribution in [0.4, 0.5) is 0 Å². The average molecular weight is 226 g/mol. The molecule has 5 heteroatoms. The molecule has 0 radical (unpaired) electrons. The molecule has 84 valence electrons. The maximum absolute atomic E-state index is 11.2. The Morgan fingerprint density at radius 3 is 2.59 bits per heavy atom. The normalized spacial score (nSPS) is 11.8. The molecule has 0 saturated carbocycles. The molecule has 0 spiro atoms. The molecule has 2 rings (SSSR count). The van der Waals surface area contributed by atoms with Crippen LogP contribution in [0.25, 0.3) is 5.69 Å². The van der Waals surface area contributed by atoms with E-state index in [9.17, 15) is 4.79 Å². The summed E-state index contributed by atoms with van der Waals surface area (Å²) in [7, 11) is 0. The maximum Gasteiger partial charge on any atom is 0.151 e. The van der Waals surface area contributed by atoms with E-state index in [4.69, 9.17) is 5.26 Å². The summed E-state index contributed by atoms with van der Waals surface area (Å²) in [6.07, 6.45) is 3.31. The van der Waals surface area contributed by atoms with E-state index in [2.05, 4.69) is 10.3 Å². The lowest BCUT2D eigenvalue weighted by atomic mass is 9.97. The van der Waals surface area contributed by atoms with Crippen LogP contribution in [-0.2, 0) is 4.79 Å². The molecular weight excluding hydrogens is 216 g/mol. The molecule has 0 aliphatic rings. The average Bonchev–Trinajstić information content (AvgIpc) is 2.84. The van der Waals surface area contributed by atoms with Gasteiger partial charge in [-0.1, -0.05) is 17.3 Å². The number of aromatic nitrogens is 3. The van der Waals surface area contributed by atoms with Gasteiger partial charge in [0.15, 0.2) is 5.78 Å². The number of ketones is 1. The minimum atomic E-state index is -0.695. The van der Waals surface area contributed by atoms with E-state index >= 15 is 0 Å². The van der Waals surface area contributed by atoms with Gasteiger partial charge in [-0.25, -0.2) is 4.68 Å². The minimum Gasteiger partial charge on any atom is -0.298 e. The summed E-state index contributed by atoms with van der Waals surface area (Å²) in [5.41, 5.74) is 1.54. The lowest BCUT2D eigenvalue weighted by molar-refractivity contribution is -0.117. The molecule has 1 aromatic heterocycles. The first kappa shape index (κ1) is 11.0. The topological polar surface area (TPSA) is 71.6 Å². The van der Waals surface area contributed by atoms with Gasteiger partial charge in [-0.05, 0) is 24.6 Å². The largest absolute Gasteiger partial charge is 0.298 e. The zero-order valence-corrected chi connectivity index (χ0v) is 9.24. The summed E-state index contributed by atoms with van der Waals surface area (Å²) in [5.74, 6) is -0.846. The predicted molar refractivity (Wildman–Crippen MR) is 60.4 cm³/mol. The Hall–Kier alpha value is -2.48. The highest BCUT2D eigenvalue weighted by Crippen LogP contribution is 2.17. The molecule has 0 N–H and O–H groups in total. The second-order valence-corrected chi connectivity index (χ2v) is 3.61. The molecule has 1 unspecified atom stereocenters. The number of rotatable bonds is 3. The highest BCUT2D eigenvalue weighted by Gasteiger charge is 2.15. The Morgan fingerprint density at radius 2 is 2.12 bits per heavy atom. The van der Waals surface area contributed by atoms with Crippen molar-refractivity contribution in [3.05, 3.63) is 42.2 Å². The third kappa shape index (κ3) is 2.21. The van der Waals surface area contributed by atoms with Gasteiger partial charge in [0.2, 0.25) is 0 Å². The van der Waals surface area contributed by atoms with Crippen LogP contribution >= 0.6 is 0 Å². The second-order valence-electron chi connectivity index (χ2n) is 3.61. The third-order valence-electron chi connectivity index (χ3n) is 2.45. The summed E-state index contributed by atoms with van der Waals surface area (Å²) in [4.78, 5) is 11.2. The molecule has 0 amide bonds. The van der Waals surface area contributed by atoms with Crippen molar-refractivity contribution in [1.29, 1.82) is 5.26 Å². The lowest BCUT2D eigenvalue weighted by Gasteiger charge is -2.06. The molecule has 0 aliphatic heterocycles. The summed E-state index contributed by atoms with van der Waals surface area (Å²) in [6, 6.07) is 9.11. The number of Topliss-reactive ketones (excluding diaryl/α,β-unsaturated/α-hetero) is 1. The zero-order chi connectivity index (χ0) is 12.3. The van der Waals surface area contributed by atoms with Crippen molar-refractivity contribution < 1.29 is 4.79 Å². The van der Waals surface area contributed by atoms with Crippen molar-refractivity contribution in [2.45, 2.75) is 12.8 Å². The zero-order valence-electron chi connectivity index (χ0n) is 9.24. The van der Waals surface area contributed by atoms with Crippen LogP contribution < -0.4 is 0 Å². The fraction of sp³-hybridized carbons (Fsp3) is 0.167. The second kappa shape index (κ2) is 4.58. The quantitative estimate of drug-likeness (QED) is 0.794. The Morgan fingerprint density at radius 1 is 1.41 bits per heavy atom. The summed E-state index contributed by atoms with van der Waals surface area (Å²) < 4.78 is 1.61. The molecule has 0 aliphatic carbocycles. The first-order valence-electron chi connectivity index (χ1n) is 5.09. The van der Waals surface area contributed by atoms with Crippen LogP contribution in [0.1, 0.15) is 18.4 Å². The van der Waals surface area contributed by atoms with E-state index in [1.54, 1.807) is 41.3 Å². The van der Waals surface area contributed by atoms with Crippen molar-refractivity contribution in [3.8, 4) is 11.8 Å². The van der Waals surface area contributed by atoms with Gasteiger partial charge in [0.25, 0.3) is 0 Å². The van der Waals surface area contributed by atoms with Gasteiger partial charge in [-0.15, -0.1) is 5.10 Å². The van der Waals surface area contributed by atoms with Gasteiger partial charge in [0, 0.05) is 0 Å². The molecule has 0 fully saturated rings. The number of carbonyl (C=O) groups is 1. The Kier molecular flexibility index (Phi) is 2.97. The molecule has 2 aromatic rings. The molecule has 17 heavy (non-hydrogen) atoms. The number of benzene rings is 1. The van der Waals surface area contributed by atoms with Crippen LogP contribution in [0, 0.1) is 11.3 Å². The van der Waals surface area contributed by atoms with Crippen LogP contribution in [0.5, 0.6) is 0 Å². The molecule has 5 nitrogen and oxygen atoms in total. The van der Waals surface area contributed by atoms with E-state index < -0.39 is 5.92 Å². The first-order valence-corrected chi connectivity index (χ1v) is 5.09. The molecule has 0 bridgehead atoms. The van der Waals surface area contributed by atoms with Crippen LogP contribution in [-0.4, -0.2) is 20.8 Å². The van der Waals surface area contributed by atoms with Crippen molar-refractivity contribution >= 4 is 5.78 Å². The SMILES string of the molecule is CC(=O)C(C#N)c1ccc(-n2ccnn2)cc1. The van der Waals surface area contributed by atoms with E-state index in [0.717, 1.165) is 5.69 Å². The molecule has 1 aromatic carbocycles. The number of nitrogens with zero attached hydrogens (tertiary/aromatic N) is 4. The van der Waals surface area contributed by atoms with E-state index in [1.165, 1.54) is 6.92 Å². The van der Waals surface area contributed by atoms with Crippen molar-refractivity contribution in [3.63, 3.8) is 0 Å². The van der Waals surface area contributed by atoms with Gasteiger partial charge in [-0.2, -0.15) is 5.26 Å². The van der Waals surface area contributed by atoms with E-state index in [0.29, 0.717) is 5.56 Å². The Bertz CT molecular complexity index is 551. The lowest BCUT2D eigenvalue weighted by Crippen LogP contribution is -2.06. The van der Waals surface area contributed by atoms with Gasteiger partial charge in [0.1, 0.15) is 5.92 Å². The van der Waals surface area contributed by atoms with Crippen LogP contribution in [0.2, 0.25) is 0 Å². The van der Waals surface area contributed by atoms with Gasteiger partial charge in [-0.3, -0.25) is 4.79 Å².